The number of H-pyrrole nitrogens is 2. The fourth-order valence-electron chi connectivity index (χ4n) is 7.62. The van der Waals surface area contributed by atoms with Crippen molar-refractivity contribution in [2.45, 2.75) is 0 Å². The highest BCUT2D eigenvalue weighted by Crippen LogP contribution is 2.46. The molecule has 0 saturated carbocycles. The van der Waals surface area contributed by atoms with Gasteiger partial charge in [0.25, 0.3) is 0 Å². The number of nitrogens with one attached hydrogen (secondary N) is 2. The highest BCUT2D eigenvalue weighted by molar-refractivity contribution is 6.00. The number of fused-ring (bicyclic) bond motifs is 8. The third-order valence-corrected chi connectivity index (χ3v) is 10.7. The van der Waals surface area contributed by atoms with E-state index in [1.54, 1.807) is 0 Å². The van der Waals surface area contributed by atoms with Gasteiger partial charge < -0.3 is 30.4 Å². The van der Waals surface area contributed by atoms with Gasteiger partial charge in [0.1, 0.15) is 0 Å². The Morgan fingerprint density at radius 2 is 0.412 bits per heavy atom. The zero-order valence-corrected chi connectivity index (χ0v) is 32.3. The minimum absolute atomic E-state index is 0.682. The second-order valence-corrected chi connectivity index (χ2v) is 14.4. The van der Waals surface area contributed by atoms with Crippen molar-refractivity contribution in [2.24, 2.45) is 0 Å². The molecule has 8 bridgehead atoms. The fourth-order valence-corrected chi connectivity index (χ4v) is 7.62. The summed E-state index contributed by atoms with van der Waals surface area (Å²) in [6.07, 6.45) is 2.73. The van der Waals surface area contributed by atoms with Crippen LogP contribution in [0.1, 0.15) is 22.8 Å². The second-order valence-electron chi connectivity index (χ2n) is 14.4. The molecule has 0 unspecified atom stereocenters. The molecule has 0 radical (unpaired) electrons. The first-order valence-electron chi connectivity index (χ1n) is 18.5. The number of aromatic amines is 2. The van der Waals surface area contributed by atoms with Crippen LogP contribution >= 0.6 is 0 Å². The van der Waals surface area contributed by atoms with E-state index in [9.17, 15) is 20.4 Å². The number of phenols is 4. The highest BCUT2D eigenvalue weighted by Gasteiger charge is 2.35. The number of nitrogens with zero attached hydrogens (tertiary/aromatic N) is 2. The van der Waals surface area contributed by atoms with E-state index in [-0.39, 0.29) is 0 Å². The minimum Gasteiger partial charge on any atom is -0.503 e. The molecule has 7 aromatic rings. The van der Waals surface area contributed by atoms with E-state index in [0.29, 0.717) is 48.6 Å². The lowest BCUT2D eigenvalue weighted by Crippen LogP contribution is -2.03. The van der Waals surface area contributed by atoms with E-state index >= 15 is 70.2 Å². The largest absolute Gasteiger partial charge is 0.503 e. The van der Waals surface area contributed by atoms with Crippen LogP contribution in [0.5, 0.6) is 23.0 Å². The summed E-state index contributed by atoms with van der Waals surface area (Å²) in [5, 5.41) is 39.1. The SMILES string of the molecule is Oc1c(F)c(F)c(-c2c3nc(c(-c4c(F)c(F)c(O)c(F)c4F)c4ccc([nH]4)c(-c4c(F)c(F)c(O)c(F)c4F)c4nc(c(-c5c(F)c(F)c(O)c(F)c5F)c5ccc2[nH]5)C=C4)C=C3)c(F)c1F. The number of benzene rings is 4. The molecule has 4 aromatic carbocycles. The van der Waals surface area contributed by atoms with Gasteiger partial charge in [0, 0.05) is 44.3 Å². The predicted molar refractivity (Wildman–Crippen MR) is 207 cm³/mol. The van der Waals surface area contributed by atoms with Crippen molar-refractivity contribution in [2.75, 3.05) is 0 Å². The molecular weight excluding hydrogens is 952 g/mol. The lowest BCUT2D eigenvalue weighted by Gasteiger charge is -2.12. The van der Waals surface area contributed by atoms with Crippen LogP contribution in [0.25, 0.3) is 90.9 Å². The Morgan fingerprint density at radius 1 is 0.250 bits per heavy atom. The van der Waals surface area contributed by atoms with Crippen LogP contribution in [0.4, 0.5) is 70.2 Å². The third kappa shape index (κ3) is 6.26. The van der Waals surface area contributed by atoms with E-state index in [1.807, 2.05) is 0 Å². The molecule has 5 heterocycles. The number of hydrogen-bond acceptors (Lipinski definition) is 6. The van der Waals surface area contributed by atoms with Gasteiger partial charge in [0.15, 0.2) is 69.5 Å². The molecule has 0 aliphatic carbocycles. The molecule has 2 aliphatic heterocycles. The maximum absolute atomic E-state index is 15.9. The van der Waals surface area contributed by atoms with E-state index in [2.05, 4.69) is 19.9 Å². The second kappa shape index (κ2) is 15.6. The van der Waals surface area contributed by atoms with Gasteiger partial charge in [0.05, 0.1) is 45.0 Å². The Labute approximate surface area is 364 Å². The molecule has 346 valence electrons. The predicted octanol–water partition coefficient (Wildman–Crippen LogP) is 12.4. The van der Waals surface area contributed by atoms with Gasteiger partial charge in [-0.2, -0.15) is 35.1 Å². The molecule has 2 aliphatic rings. The summed E-state index contributed by atoms with van der Waals surface area (Å²) in [5.74, 6) is -47.2. The van der Waals surface area contributed by atoms with Crippen LogP contribution in [-0.4, -0.2) is 40.4 Å². The molecule has 0 spiro atoms. The zero-order chi connectivity index (χ0) is 49.3. The van der Waals surface area contributed by atoms with Crippen LogP contribution in [0, 0.1) is 93.1 Å². The van der Waals surface area contributed by atoms with Gasteiger partial charge >= 0.3 is 0 Å². The van der Waals surface area contributed by atoms with E-state index in [1.165, 1.54) is 0 Å². The Hall–Kier alpha value is -8.44. The van der Waals surface area contributed by atoms with Crippen molar-refractivity contribution < 1.29 is 90.7 Å². The van der Waals surface area contributed by atoms with Crippen molar-refractivity contribution in [3.05, 3.63) is 140 Å². The van der Waals surface area contributed by atoms with Gasteiger partial charge in [-0.25, -0.2) is 45.1 Å². The molecule has 0 saturated heterocycles. The number of halogens is 16. The van der Waals surface area contributed by atoms with Crippen molar-refractivity contribution in [1.29, 1.82) is 0 Å². The van der Waals surface area contributed by atoms with Crippen molar-refractivity contribution in [1.82, 2.24) is 19.9 Å². The van der Waals surface area contributed by atoms with Gasteiger partial charge in [-0.05, 0) is 48.6 Å². The lowest BCUT2D eigenvalue weighted by atomic mass is 10.0. The third-order valence-electron chi connectivity index (χ3n) is 10.7. The number of aromatic nitrogens is 4. The van der Waals surface area contributed by atoms with E-state index in [0.717, 1.165) is 0 Å². The first-order valence-corrected chi connectivity index (χ1v) is 18.5. The molecule has 3 aromatic heterocycles. The number of rotatable bonds is 4. The Bertz CT molecular complexity index is 3130. The van der Waals surface area contributed by atoms with Crippen molar-refractivity contribution in [3.8, 4) is 67.5 Å². The van der Waals surface area contributed by atoms with Gasteiger partial charge in [-0.1, -0.05) is 0 Å². The van der Waals surface area contributed by atoms with Gasteiger partial charge in [-0.15, -0.1) is 0 Å². The number of hydrogen-bond donors (Lipinski definition) is 6. The molecule has 8 nitrogen and oxygen atoms in total. The Balaban J connectivity index is 1.60. The molecular formula is C44H14F16N4O4. The van der Waals surface area contributed by atoms with Crippen LogP contribution < -0.4 is 0 Å². The Morgan fingerprint density at radius 3 is 0.574 bits per heavy atom. The van der Waals surface area contributed by atoms with Crippen molar-refractivity contribution in [3.63, 3.8) is 0 Å². The normalized spacial score (nSPS) is 12.2. The first-order chi connectivity index (χ1) is 32.1. The molecule has 6 N–H and O–H groups in total. The topological polar surface area (TPSA) is 138 Å². The summed E-state index contributed by atoms with van der Waals surface area (Å²) < 4.78 is 248. The average Bonchev–Trinajstić information content (AvgIpc) is 4.18. The first kappa shape index (κ1) is 44.7. The van der Waals surface area contributed by atoms with Gasteiger partial charge in [0.2, 0.25) is 46.5 Å². The summed E-state index contributed by atoms with van der Waals surface area (Å²) in [5.41, 5.74) is -18.8. The van der Waals surface area contributed by atoms with Crippen LogP contribution in [0.3, 0.4) is 0 Å². The highest BCUT2D eigenvalue weighted by atomic mass is 19.2. The number of aromatic hydroxyl groups is 4. The van der Waals surface area contributed by atoms with Crippen LogP contribution in [0.15, 0.2) is 24.3 Å². The smallest absolute Gasteiger partial charge is 0.204 e. The zero-order valence-electron chi connectivity index (χ0n) is 32.3. The molecule has 68 heavy (non-hydrogen) atoms. The maximum Gasteiger partial charge on any atom is 0.204 e. The standard InChI is InChI=1S/C44H14F16N4O4/c45-25-21(26(46)34(54)41(65)33(25)53)17-9-1-2-10(61-9)18(22-27(47)35(55)42(66)36(56)28(22)48)12-5-6-14(63-12)20(24-31(51)39(59)44(68)40(60)32(24)52)16-8-7-15(64-16)19(13-4-3-11(17)62-13)23-29(49)37(57)43(67)38(58)30(23)50/h1-8,61,64-68H. The monoisotopic (exact) mass is 966 g/mol. The summed E-state index contributed by atoms with van der Waals surface area (Å²) >= 11 is 0. The number of phenolic OH excluding ortho intramolecular Hbond substituents is 4. The molecule has 24 heteroatoms. The summed E-state index contributed by atoms with van der Waals surface area (Å²) in [6.45, 7) is 0. The Kier molecular flexibility index (Phi) is 10.3. The average molecular weight is 967 g/mol. The molecule has 0 fully saturated rings. The maximum atomic E-state index is 15.9. The molecule has 0 amide bonds. The van der Waals surface area contributed by atoms with Crippen LogP contribution in [0.2, 0.25) is 0 Å². The quantitative estimate of drug-likeness (QED) is 0.0767. The summed E-state index contributed by atoms with van der Waals surface area (Å²) in [4.78, 5) is 12.7. The summed E-state index contributed by atoms with van der Waals surface area (Å²) in [6, 6.07) is 2.84. The minimum atomic E-state index is -2.43. The van der Waals surface area contributed by atoms with E-state index < -0.39 is 205 Å². The van der Waals surface area contributed by atoms with E-state index in [4.69, 9.17) is 0 Å². The molecule has 9 rings (SSSR count). The van der Waals surface area contributed by atoms with Crippen LogP contribution in [-0.2, 0) is 0 Å². The molecule has 0 atom stereocenters. The van der Waals surface area contributed by atoms with Crippen molar-refractivity contribution >= 4 is 46.4 Å². The summed E-state index contributed by atoms with van der Waals surface area (Å²) in [7, 11) is 0. The lowest BCUT2D eigenvalue weighted by molar-refractivity contribution is 0.358. The fraction of sp³-hybridized carbons (Fsp3) is 0. The van der Waals surface area contributed by atoms with Gasteiger partial charge in [-0.3, -0.25) is 0 Å².